The average Bonchev–Trinajstić information content (AvgIpc) is 3.17. The van der Waals surface area contributed by atoms with Crippen LogP contribution in [-0.4, -0.2) is 4.98 Å². The Morgan fingerprint density at radius 3 is 2.74 bits per heavy atom. The van der Waals surface area contributed by atoms with Crippen molar-refractivity contribution in [3.05, 3.63) is 50.9 Å². The van der Waals surface area contributed by atoms with E-state index in [0.717, 1.165) is 16.3 Å². The Morgan fingerprint density at radius 1 is 1.37 bits per heavy atom. The fraction of sp³-hybridized carbons (Fsp3) is 0.200. The highest BCUT2D eigenvalue weighted by atomic mass is 35.5. The first-order valence-corrected chi connectivity index (χ1v) is 7.35. The van der Waals surface area contributed by atoms with Gasteiger partial charge in [-0.05, 0) is 36.6 Å². The van der Waals surface area contributed by atoms with Gasteiger partial charge in [0.15, 0.2) is 0 Å². The van der Waals surface area contributed by atoms with E-state index in [1.807, 2.05) is 30.3 Å². The van der Waals surface area contributed by atoms with Crippen LogP contribution in [-0.2, 0) is 0 Å². The highest BCUT2D eigenvalue weighted by Crippen LogP contribution is 2.40. The molecular weight excluding hydrogens is 276 g/mol. The quantitative estimate of drug-likeness (QED) is 0.764. The molecule has 0 aliphatic heterocycles. The van der Waals surface area contributed by atoms with Gasteiger partial charge in [-0.2, -0.15) is 5.26 Å². The van der Waals surface area contributed by atoms with Gasteiger partial charge < -0.3 is 0 Å². The minimum absolute atomic E-state index is 0.610. The molecule has 19 heavy (non-hydrogen) atoms. The highest BCUT2D eigenvalue weighted by Gasteiger charge is 2.26. The van der Waals surface area contributed by atoms with E-state index >= 15 is 0 Å². The molecule has 94 valence electrons. The van der Waals surface area contributed by atoms with Crippen molar-refractivity contribution in [1.29, 1.82) is 5.26 Å². The second-order valence-corrected chi connectivity index (χ2v) is 5.87. The summed E-state index contributed by atoms with van der Waals surface area (Å²) >= 11 is 7.39. The third-order valence-corrected chi connectivity index (χ3v) is 4.20. The number of thiazole rings is 1. The molecule has 0 unspecified atom stereocenters. The number of allylic oxidation sites excluding steroid dienone is 1. The predicted molar refractivity (Wildman–Crippen MR) is 79.0 cm³/mol. The number of aromatic nitrogens is 1. The maximum atomic E-state index is 9.28. The first kappa shape index (κ1) is 12.4. The van der Waals surface area contributed by atoms with Crippen LogP contribution in [0, 0.1) is 11.3 Å². The number of nitrogens with zero attached hydrogens (tertiary/aromatic N) is 2. The lowest BCUT2D eigenvalue weighted by Crippen LogP contribution is -1.83. The normalized spacial score (nSPS) is 15.3. The molecule has 1 aliphatic carbocycles. The van der Waals surface area contributed by atoms with Gasteiger partial charge in [0, 0.05) is 16.3 Å². The lowest BCUT2D eigenvalue weighted by Gasteiger charge is -1.96. The Bertz CT molecular complexity index is 660. The van der Waals surface area contributed by atoms with E-state index in [2.05, 4.69) is 16.4 Å². The largest absolute Gasteiger partial charge is 0.240 e. The van der Waals surface area contributed by atoms with Crippen LogP contribution in [0.2, 0.25) is 5.02 Å². The molecule has 0 bridgehead atoms. The Kier molecular flexibility index (Phi) is 3.37. The zero-order valence-electron chi connectivity index (χ0n) is 10.1. The number of rotatable bonds is 3. The first-order chi connectivity index (χ1) is 9.26. The first-order valence-electron chi connectivity index (χ1n) is 6.09. The van der Waals surface area contributed by atoms with Gasteiger partial charge in [0.1, 0.15) is 11.1 Å². The summed E-state index contributed by atoms with van der Waals surface area (Å²) in [6.07, 6.45) is 4.31. The minimum Gasteiger partial charge on any atom is -0.240 e. The standard InChI is InChI=1S/C15H11ClN2S/c16-13-5-1-10(2-6-13)7-12(8-17)15-18-14(9-19-15)11-3-4-11/h1-2,5-7,9,11H,3-4H2/b12-7-. The number of hydrogen-bond donors (Lipinski definition) is 0. The van der Waals surface area contributed by atoms with Crippen molar-refractivity contribution >= 4 is 34.6 Å². The monoisotopic (exact) mass is 286 g/mol. The van der Waals surface area contributed by atoms with Gasteiger partial charge in [-0.1, -0.05) is 23.7 Å². The zero-order chi connectivity index (χ0) is 13.2. The Balaban J connectivity index is 1.90. The van der Waals surface area contributed by atoms with E-state index in [4.69, 9.17) is 11.6 Å². The van der Waals surface area contributed by atoms with Crippen LogP contribution < -0.4 is 0 Å². The van der Waals surface area contributed by atoms with E-state index in [-0.39, 0.29) is 0 Å². The number of halogens is 1. The lowest BCUT2D eigenvalue weighted by molar-refractivity contribution is 1.05. The maximum Gasteiger partial charge on any atom is 0.134 e. The summed E-state index contributed by atoms with van der Waals surface area (Å²) in [4.78, 5) is 4.56. The van der Waals surface area contributed by atoms with E-state index < -0.39 is 0 Å². The fourth-order valence-corrected chi connectivity index (χ4v) is 2.84. The molecule has 0 spiro atoms. The van der Waals surface area contributed by atoms with Crippen LogP contribution in [0.5, 0.6) is 0 Å². The average molecular weight is 287 g/mol. The summed E-state index contributed by atoms with van der Waals surface area (Å²) in [6, 6.07) is 9.66. The molecule has 1 fully saturated rings. The van der Waals surface area contributed by atoms with Crippen molar-refractivity contribution in [3.8, 4) is 6.07 Å². The van der Waals surface area contributed by atoms with Crippen LogP contribution in [0.4, 0.5) is 0 Å². The molecule has 1 aromatic carbocycles. The molecule has 0 atom stereocenters. The SMILES string of the molecule is N#C/C(=C/c1ccc(Cl)cc1)c1nc(C2CC2)cs1. The number of hydrogen-bond acceptors (Lipinski definition) is 3. The van der Waals surface area contributed by atoms with E-state index in [0.29, 0.717) is 16.5 Å². The van der Waals surface area contributed by atoms with Gasteiger partial charge >= 0.3 is 0 Å². The summed E-state index contributed by atoms with van der Waals surface area (Å²) in [5, 5.41) is 12.9. The van der Waals surface area contributed by atoms with Crippen molar-refractivity contribution < 1.29 is 0 Å². The van der Waals surface area contributed by atoms with Crippen molar-refractivity contribution in [2.45, 2.75) is 18.8 Å². The summed E-state index contributed by atoms with van der Waals surface area (Å²) < 4.78 is 0. The third-order valence-electron chi connectivity index (χ3n) is 3.05. The maximum absolute atomic E-state index is 9.28. The Morgan fingerprint density at radius 2 is 2.11 bits per heavy atom. The minimum atomic E-state index is 0.610. The highest BCUT2D eigenvalue weighted by molar-refractivity contribution is 7.11. The van der Waals surface area contributed by atoms with Gasteiger partial charge in [0.05, 0.1) is 11.3 Å². The molecule has 0 N–H and O–H groups in total. The van der Waals surface area contributed by atoms with E-state index in [1.54, 1.807) is 11.3 Å². The van der Waals surface area contributed by atoms with Crippen molar-refractivity contribution in [2.75, 3.05) is 0 Å². The summed E-state index contributed by atoms with van der Waals surface area (Å²) in [6.45, 7) is 0. The molecule has 1 aliphatic rings. The Hall–Kier alpha value is -1.63. The molecule has 1 heterocycles. The molecule has 1 saturated carbocycles. The predicted octanol–water partition coefficient (Wildman–Crippen LogP) is 4.74. The molecule has 0 saturated heterocycles. The van der Waals surface area contributed by atoms with Gasteiger partial charge in [-0.3, -0.25) is 0 Å². The van der Waals surface area contributed by atoms with Crippen LogP contribution in [0.3, 0.4) is 0 Å². The van der Waals surface area contributed by atoms with Crippen LogP contribution in [0.25, 0.3) is 11.6 Å². The Labute approximate surface area is 121 Å². The van der Waals surface area contributed by atoms with Gasteiger partial charge in [0.25, 0.3) is 0 Å². The van der Waals surface area contributed by atoms with E-state index in [9.17, 15) is 5.26 Å². The topological polar surface area (TPSA) is 36.7 Å². The molecule has 1 aromatic heterocycles. The smallest absolute Gasteiger partial charge is 0.134 e. The van der Waals surface area contributed by atoms with E-state index in [1.165, 1.54) is 12.8 Å². The van der Waals surface area contributed by atoms with Gasteiger partial charge in [-0.15, -0.1) is 11.3 Å². The number of nitriles is 1. The summed E-state index contributed by atoms with van der Waals surface area (Å²) in [5.41, 5.74) is 2.71. The van der Waals surface area contributed by atoms with Crippen molar-refractivity contribution in [2.24, 2.45) is 0 Å². The van der Waals surface area contributed by atoms with Crippen LogP contribution in [0.15, 0.2) is 29.6 Å². The van der Waals surface area contributed by atoms with Crippen molar-refractivity contribution in [3.63, 3.8) is 0 Å². The molecule has 2 nitrogen and oxygen atoms in total. The van der Waals surface area contributed by atoms with Crippen molar-refractivity contribution in [1.82, 2.24) is 4.98 Å². The second kappa shape index (κ2) is 5.16. The fourth-order valence-electron chi connectivity index (χ4n) is 1.84. The number of benzene rings is 1. The van der Waals surface area contributed by atoms with Gasteiger partial charge in [0.2, 0.25) is 0 Å². The zero-order valence-corrected chi connectivity index (χ0v) is 11.7. The third kappa shape index (κ3) is 2.86. The molecule has 4 heteroatoms. The second-order valence-electron chi connectivity index (χ2n) is 4.57. The molecule has 0 radical (unpaired) electrons. The lowest BCUT2D eigenvalue weighted by atomic mass is 10.1. The molecule has 2 aromatic rings. The van der Waals surface area contributed by atoms with Crippen LogP contribution in [0.1, 0.15) is 35.0 Å². The molecule has 0 amide bonds. The molecule has 3 rings (SSSR count). The summed E-state index contributed by atoms with van der Waals surface area (Å²) in [5.74, 6) is 0.625. The molecular formula is C15H11ClN2S. The summed E-state index contributed by atoms with van der Waals surface area (Å²) in [7, 11) is 0. The van der Waals surface area contributed by atoms with Crippen LogP contribution >= 0.6 is 22.9 Å². The van der Waals surface area contributed by atoms with Gasteiger partial charge in [-0.25, -0.2) is 4.98 Å².